The monoisotopic (exact) mass is 399 g/mol. The normalized spacial score (nSPS) is 12.5. The maximum Gasteiger partial charge on any atom is 0.291 e. The van der Waals surface area contributed by atoms with Crippen molar-refractivity contribution in [1.29, 1.82) is 5.26 Å². The number of hydrogen-bond acceptors (Lipinski definition) is 4. The van der Waals surface area contributed by atoms with Crippen LogP contribution in [0.15, 0.2) is 48.5 Å². The molecule has 7 heteroatoms. The fraction of sp³-hybridized carbons (Fsp3) is 0.217. The van der Waals surface area contributed by atoms with Crippen molar-refractivity contribution in [2.45, 2.75) is 32.7 Å². The van der Waals surface area contributed by atoms with Crippen LogP contribution in [0.25, 0.3) is 0 Å². The minimum atomic E-state index is -0.361. The molecule has 0 atom stereocenters. The van der Waals surface area contributed by atoms with E-state index in [4.69, 9.17) is 5.26 Å². The van der Waals surface area contributed by atoms with Gasteiger partial charge in [-0.1, -0.05) is 12.1 Å². The van der Waals surface area contributed by atoms with Gasteiger partial charge in [0, 0.05) is 17.9 Å². The van der Waals surface area contributed by atoms with Crippen LogP contribution in [0.4, 0.5) is 11.4 Å². The molecule has 3 aromatic rings. The number of aryl methyl sites for hydroxylation is 1. The fourth-order valence-electron chi connectivity index (χ4n) is 3.63. The van der Waals surface area contributed by atoms with Gasteiger partial charge in [0.1, 0.15) is 0 Å². The van der Waals surface area contributed by atoms with Gasteiger partial charge in [0.2, 0.25) is 0 Å². The Labute approximate surface area is 174 Å². The molecule has 2 amide bonds. The molecule has 0 bridgehead atoms. The van der Waals surface area contributed by atoms with E-state index in [1.165, 1.54) is 0 Å². The van der Waals surface area contributed by atoms with Crippen molar-refractivity contribution in [2.75, 3.05) is 10.6 Å². The lowest BCUT2D eigenvalue weighted by Crippen LogP contribution is -2.21. The van der Waals surface area contributed by atoms with E-state index in [1.54, 1.807) is 24.3 Å². The number of hydrogen-bond donors (Lipinski definition) is 2. The largest absolute Gasteiger partial charge is 0.323 e. The number of rotatable bonds is 4. The Morgan fingerprint density at radius 3 is 2.53 bits per heavy atom. The number of carbonyl (C=O) groups is 2. The topological polar surface area (TPSA) is 99.8 Å². The lowest BCUT2D eigenvalue weighted by Gasteiger charge is -2.17. The quantitative estimate of drug-likeness (QED) is 0.695. The molecule has 150 valence electrons. The molecular weight excluding hydrogens is 378 g/mol. The highest BCUT2D eigenvalue weighted by Gasteiger charge is 2.27. The van der Waals surface area contributed by atoms with Crippen molar-refractivity contribution in [3.63, 3.8) is 0 Å². The van der Waals surface area contributed by atoms with Gasteiger partial charge >= 0.3 is 0 Å². The molecule has 4 rings (SSSR count). The number of nitrogens with zero attached hydrogens (tertiary/aromatic N) is 3. The average Bonchev–Trinajstić information content (AvgIpc) is 3.14. The van der Waals surface area contributed by atoms with E-state index < -0.39 is 0 Å². The van der Waals surface area contributed by atoms with Crippen LogP contribution in [-0.2, 0) is 13.0 Å². The number of amides is 2. The predicted molar refractivity (Wildman–Crippen MR) is 113 cm³/mol. The summed E-state index contributed by atoms with van der Waals surface area (Å²) in [4.78, 5) is 30.2. The molecule has 0 unspecified atom stereocenters. The third-order valence-electron chi connectivity index (χ3n) is 5.08. The molecule has 0 saturated carbocycles. The van der Waals surface area contributed by atoms with Gasteiger partial charge in [-0.2, -0.15) is 5.26 Å². The van der Waals surface area contributed by atoms with Crippen molar-refractivity contribution >= 4 is 23.2 Å². The van der Waals surface area contributed by atoms with E-state index in [9.17, 15) is 9.59 Å². The van der Waals surface area contributed by atoms with Crippen LogP contribution in [-0.4, -0.2) is 21.4 Å². The molecule has 7 nitrogen and oxygen atoms in total. The van der Waals surface area contributed by atoms with Gasteiger partial charge in [-0.25, -0.2) is 4.98 Å². The van der Waals surface area contributed by atoms with Gasteiger partial charge < -0.3 is 15.2 Å². The Balaban J connectivity index is 1.61. The first kappa shape index (κ1) is 19.4. The minimum absolute atomic E-state index is 0.246. The molecule has 0 spiro atoms. The highest BCUT2D eigenvalue weighted by molar-refractivity contribution is 6.07. The second-order valence-electron chi connectivity index (χ2n) is 7.31. The van der Waals surface area contributed by atoms with Gasteiger partial charge in [-0.05, 0) is 68.1 Å². The number of carbonyl (C=O) groups excluding carboxylic acids is 2. The summed E-state index contributed by atoms with van der Waals surface area (Å²) < 4.78 is 1.85. The smallest absolute Gasteiger partial charge is 0.291 e. The van der Waals surface area contributed by atoms with Crippen molar-refractivity contribution in [1.82, 2.24) is 9.55 Å². The molecule has 1 aromatic heterocycles. The molecule has 0 aliphatic carbocycles. The second kappa shape index (κ2) is 8.21. The van der Waals surface area contributed by atoms with Gasteiger partial charge in [-0.15, -0.1) is 0 Å². The summed E-state index contributed by atoms with van der Waals surface area (Å²) in [7, 11) is 0. The Kier molecular flexibility index (Phi) is 5.31. The number of nitriles is 1. The molecule has 2 aromatic carbocycles. The van der Waals surface area contributed by atoms with Crippen LogP contribution in [0.2, 0.25) is 0 Å². The van der Waals surface area contributed by atoms with Crippen molar-refractivity contribution in [2.24, 2.45) is 0 Å². The second-order valence-corrected chi connectivity index (χ2v) is 7.31. The van der Waals surface area contributed by atoms with Gasteiger partial charge in [0.15, 0.2) is 11.5 Å². The Morgan fingerprint density at radius 2 is 1.80 bits per heavy atom. The van der Waals surface area contributed by atoms with Crippen molar-refractivity contribution in [3.05, 3.63) is 76.9 Å². The fourth-order valence-corrected chi connectivity index (χ4v) is 3.63. The summed E-state index contributed by atoms with van der Waals surface area (Å²) in [6, 6.07) is 16.2. The molecule has 30 heavy (non-hydrogen) atoms. The van der Waals surface area contributed by atoms with Crippen LogP contribution in [0.1, 0.15) is 50.8 Å². The van der Waals surface area contributed by atoms with Crippen LogP contribution in [0.3, 0.4) is 0 Å². The van der Waals surface area contributed by atoms with Crippen molar-refractivity contribution < 1.29 is 9.59 Å². The first-order valence-electron chi connectivity index (χ1n) is 9.84. The third kappa shape index (κ3) is 3.94. The van der Waals surface area contributed by atoms with Crippen LogP contribution >= 0.6 is 0 Å². The van der Waals surface area contributed by atoms with E-state index >= 15 is 0 Å². The lowest BCUT2D eigenvalue weighted by molar-refractivity contribution is 0.101. The Morgan fingerprint density at radius 1 is 1.03 bits per heavy atom. The number of fused-ring (bicyclic) bond motifs is 1. The van der Waals surface area contributed by atoms with Gasteiger partial charge in [0.05, 0.1) is 17.3 Å². The SMILES string of the molecule is Cc1cccc(NC(=O)c2nc(C(=O)Nc3ccc(C#N)cc3)c3n2CCCC3)c1. The van der Waals surface area contributed by atoms with Gasteiger partial charge in [0.25, 0.3) is 11.8 Å². The van der Waals surface area contributed by atoms with E-state index in [1.807, 2.05) is 41.8 Å². The zero-order chi connectivity index (χ0) is 21.1. The molecule has 0 fully saturated rings. The summed E-state index contributed by atoms with van der Waals surface area (Å²) in [5, 5.41) is 14.6. The lowest BCUT2D eigenvalue weighted by atomic mass is 10.1. The maximum absolute atomic E-state index is 12.9. The zero-order valence-corrected chi connectivity index (χ0v) is 16.6. The minimum Gasteiger partial charge on any atom is -0.323 e. The number of benzene rings is 2. The van der Waals surface area contributed by atoms with Crippen LogP contribution < -0.4 is 10.6 Å². The van der Waals surface area contributed by atoms with Gasteiger partial charge in [-0.3, -0.25) is 9.59 Å². The molecule has 2 N–H and O–H groups in total. The molecule has 2 heterocycles. The number of imidazole rings is 1. The number of nitrogens with one attached hydrogen (secondary N) is 2. The maximum atomic E-state index is 12.9. The molecular formula is C23H21N5O2. The highest BCUT2D eigenvalue weighted by Crippen LogP contribution is 2.23. The first-order chi connectivity index (χ1) is 14.5. The standard InChI is InChI=1S/C23H21N5O2/c1-15-5-4-6-18(13-15)26-23(30)21-27-20(19-7-2-3-12-28(19)21)22(29)25-17-10-8-16(14-24)9-11-17/h4-6,8-11,13H,2-3,7,12H2,1H3,(H,25,29)(H,26,30). The molecule has 1 aliphatic rings. The van der Waals surface area contributed by atoms with Crippen LogP contribution in [0, 0.1) is 18.3 Å². The van der Waals surface area contributed by atoms with Crippen molar-refractivity contribution in [3.8, 4) is 6.07 Å². The summed E-state index contributed by atoms with van der Waals surface area (Å²) >= 11 is 0. The molecule has 0 saturated heterocycles. The molecule has 0 radical (unpaired) electrons. The summed E-state index contributed by atoms with van der Waals surface area (Å²) in [6.45, 7) is 2.61. The Hall–Kier alpha value is -3.92. The van der Waals surface area contributed by atoms with Crippen LogP contribution in [0.5, 0.6) is 0 Å². The summed E-state index contributed by atoms with van der Waals surface area (Å²) in [6.07, 6.45) is 2.58. The first-order valence-corrected chi connectivity index (χ1v) is 9.84. The predicted octanol–water partition coefficient (Wildman–Crippen LogP) is 3.90. The van der Waals surface area contributed by atoms with E-state index in [0.717, 1.165) is 24.1 Å². The Bertz CT molecular complexity index is 1160. The van der Waals surface area contributed by atoms with E-state index in [-0.39, 0.29) is 23.3 Å². The van der Waals surface area contributed by atoms with E-state index in [0.29, 0.717) is 29.9 Å². The molecule has 1 aliphatic heterocycles. The summed E-state index contributed by atoms with van der Waals surface area (Å²) in [5.41, 5.74) is 3.87. The number of aromatic nitrogens is 2. The average molecular weight is 399 g/mol. The highest BCUT2D eigenvalue weighted by atomic mass is 16.2. The summed E-state index contributed by atoms with van der Waals surface area (Å²) in [5.74, 6) is -0.447. The third-order valence-corrected chi connectivity index (χ3v) is 5.08. The van der Waals surface area contributed by atoms with E-state index in [2.05, 4.69) is 15.6 Å². The zero-order valence-electron chi connectivity index (χ0n) is 16.6. The number of anilines is 2.